The molecule has 1 fully saturated rings. The number of hydrogen-bond donors (Lipinski definition) is 0. The van der Waals surface area contributed by atoms with Gasteiger partial charge in [-0.25, -0.2) is 4.79 Å². The smallest absolute Gasteiger partial charge is 0.323 e. The molecular formula is C19H25N5O. The van der Waals surface area contributed by atoms with Gasteiger partial charge in [0.25, 0.3) is 0 Å². The average molecular weight is 339 g/mol. The number of aromatic nitrogens is 2. The van der Waals surface area contributed by atoms with Crippen LogP contribution in [0.5, 0.6) is 0 Å². The van der Waals surface area contributed by atoms with E-state index in [0.717, 1.165) is 31.9 Å². The summed E-state index contributed by atoms with van der Waals surface area (Å²) in [5.41, 5.74) is 3.66. The van der Waals surface area contributed by atoms with E-state index in [1.807, 2.05) is 43.0 Å². The molecule has 4 rings (SSSR count). The van der Waals surface area contributed by atoms with Crippen molar-refractivity contribution in [3.8, 4) is 0 Å². The molecule has 1 aromatic heterocycles. The topological polar surface area (TPSA) is 44.6 Å². The summed E-state index contributed by atoms with van der Waals surface area (Å²) in [6.07, 6.45) is 4.02. The second kappa shape index (κ2) is 6.19. The maximum Gasteiger partial charge on any atom is 0.323 e. The highest BCUT2D eigenvalue weighted by molar-refractivity contribution is 5.94. The minimum atomic E-state index is 0.0708. The Hall–Kier alpha value is -2.34. The Morgan fingerprint density at radius 3 is 2.68 bits per heavy atom. The molecule has 1 atom stereocenters. The Kier molecular flexibility index (Phi) is 4.00. The Balaban J connectivity index is 1.44. The molecule has 2 aliphatic heterocycles. The molecule has 6 heteroatoms. The van der Waals surface area contributed by atoms with Crippen LogP contribution >= 0.6 is 0 Å². The van der Waals surface area contributed by atoms with Gasteiger partial charge in [-0.1, -0.05) is 18.2 Å². The van der Waals surface area contributed by atoms with Crippen LogP contribution in [0.1, 0.15) is 17.0 Å². The van der Waals surface area contributed by atoms with Gasteiger partial charge in [0.15, 0.2) is 0 Å². The lowest BCUT2D eigenvalue weighted by molar-refractivity contribution is 0.0762. The van der Waals surface area contributed by atoms with Crippen molar-refractivity contribution in [2.24, 2.45) is 13.0 Å². The number of anilines is 1. The number of urea groups is 1. The standard InChI is InChI=1S/C19H25N5O/c1-21(2)19(25)24-13-17(16-6-4-5-7-18(16)24)15-11-23(12-15)10-14-8-20-22(3)9-14/h4-9,15,17H,10-13H2,1-3H3/t17-/m0/s1. The van der Waals surface area contributed by atoms with Crippen molar-refractivity contribution >= 4 is 11.7 Å². The van der Waals surface area contributed by atoms with Gasteiger partial charge < -0.3 is 4.90 Å². The van der Waals surface area contributed by atoms with Crippen LogP contribution in [0, 0.1) is 5.92 Å². The first-order valence-corrected chi connectivity index (χ1v) is 8.80. The van der Waals surface area contributed by atoms with E-state index in [1.54, 1.807) is 4.90 Å². The van der Waals surface area contributed by atoms with Crippen molar-refractivity contribution in [3.05, 3.63) is 47.8 Å². The Morgan fingerprint density at radius 1 is 1.24 bits per heavy atom. The zero-order valence-electron chi connectivity index (χ0n) is 15.1. The number of aryl methyl sites for hydroxylation is 1. The van der Waals surface area contributed by atoms with Gasteiger partial charge >= 0.3 is 6.03 Å². The second-order valence-electron chi connectivity index (χ2n) is 7.43. The van der Waals surface area contributed by atoms with Crippen molar-refractivity contribution in [1.29, 1.82) is 0 Å². The number of likely N-dealkylation sites (tertiary alicyclic amines) is 1. The van der Waals surface area contributed by atoms with Crippen LogP contribution in [0.3, 0.4) is 0 Å². The maximum absolute atomic E-state index is 12.5. The van der Waals surface area contributed by atoms with E-state index in [9.17, 15) is 4.79 Å². The first-order chi connectivity index (χ1) is 12.0. The third kappa shape index (κ3) is 2.91. The third-order valence-corrected chi connectivity index (χ3v) is 5.34. The molecular weight excluding hydrogens is 314 g/mol. The molecule has 0 spiro atoms. The number of carbonyl (C=O) groups excluding carboxylic acids is 1. The zero-order valence-corrected chi connectivity index (χ0v) is 15.1. The van der Waals surface area contributed by atoms with Crippen LogP contribution in [0.2, 0.25) is 0 Å². The fourth-order valence-corrected chi connectivity index (χ4v) is 4.07. The first kappa shape index (κ1) is 16.1. The summed E-state index contributed by atoms with van der Waals surface area (Å²) >= 11 is 0. The number of nitrogens with zero attached hydrogens (tertiary/aromatic N) is 5. The molecule has 2 aromatic rings. The summed E-state index contributed by atoms with van der Waals surface area (Å²) in [6, 6.07) is 8.44. The molecule has 0 radical (unpaired) electrons. The number of fused-ring (bicyclic) bond motifs is 1. The quantitative estimate of drug-likeness (QED) is 0.861. The van der Waals surface area contributed by atoms with Crippen molar-refractivity contribution in [2.75, 3.05) is 38.6 Å². The number of para-hydroxylation sites is 1. The van der Waals surface area contributed by atoms with E-state index in [4.69, 9.17) is 0 Å². The van der Waals surface area contributed by atoms with Gasteiger partial charge in [0, 0.05) is 70.7 Å². The number of carbonyl (C=O) groups is 1. The Morgan fingerprint density at radius 2 is 2.00 bits per heavy atom. The Bertz CT molecular complexity index is 778. The molecule has 2 amide bonds. The monoisotopic (exact) mass is 339 g/mol. The van der Waals surface area contributed by atoms with Crippen molar-refractivity contribution < 1.29 is 4.79 Å². The molecule has 25 heavy (non-hydrogen) atoms. The van der Waals surface area contributed by atoms with E-state index in [1.165, 1.54) is 11.1 Å². The van der Waals surface area contributed by atoms with Crippen molar-refractivity contribution in [1.82, 2.24) is 19.6 Å². The predicted octanol–water partition coefficient (Wildman–Crippen LogP) is 2.14. The SMILES string of the molecule is CN(C)C(=O)N1C[C@@H](C2CN(Cc3cnn(C)c3)C2)c2ccccc21. The van der Waals surface area contributed by atoms with Gasteiger partial charge in [0.1, 0.15) is 0 Å². The highest BCUT2D eigenvalue weighted by Crippen LogP contribution is 2.43. The van der Waals surface area contributed by atoms with Crippen LogP contribution in [-0.2, 0) is 13.6 Å². The fourth-order valence-electron chi connectivity index (χ4n) is 4.07. The molecule has 0 saturated carbocycles. The first-order valence-electron chi connectivity index (χ1n) is 8.80. The van der Waals surface area contributed by atoms with Gasteiger partial charge in [-0.2, -0.15) is 5.10 Å². The van der Waals surface area contributed by atoms with Crippen LogP contribution in [-0.4, -0.2) is 59.3 Å². The largest absolute Gasteiger partial charge is 0.330 e. The zero-order chi connectivity index (χ0) is 17.6. The second-order valence-corrected chi connectivity index (χ2v) is 7.43. The van der Waals surface area contributed by atoms with Crippen LogP contribution < -0.4 is 4.90 Å². The predicted molar refractivity (Wildman–Crippen MR) is 97.6 cm³/mol. The molecule has 1 saturated heterocycles. The fraction of sp³-hybridized carbons (Fsp3) is 0.474. The van der Waals surface area contributed by atoms with Gasteiger partial charge in [0.2, 0.25) is 0 Å². The van der Waals surface area contributed by atoms with Crippen molar-refractivity contribution in [3.63, 3.8) is 0 Å². The molecule has 0 unspecified atom stereocenters. The van der Waals surface area contributed by atoms with E-state index >= 15 is 0 Å². The molecule has 1 aromatic carbocycles. The van der Waals surface area contributed by atoms with E-state index < -0.39 is 0 Å². The third-order valence-electron chi connectivity index (χ3n) is 5.34. The molecule has 2 aliphatic rings. The lowest BCUT2D eigenvalue weighted by Gasteiger charge is -2.42. The summed E-state index contributed by atoms with van der Waals surface area (Å²) in [5.74, 6) is 1.04. The van der Waals surface area contributed by atoms with Crippen LogP contribution in [0.4, 0.5) is 10.5 Å². The Labute approximate surface area is 148 Å². The van der Waals surface area contributed by atoms with Gasteiger partial charge in [-0.15, -0.1) is 0 Å². The average Bonchev–Trinajstić information content (AvgIpc) is 3.13. The highest BCUT2D eigenvalue weighted by atomic mass is 16.2. The minimum absolute atomic E-state index is 0.0708. The minimum Gasteiger partial charge on any atom is -0.330 e. The molecule has 0 N–H and O–H groups in total. The van der Waals surface area contributed by atoms with E-state index in [2.05, 4.69) is 34.4 Å². The van der Waals surface area contributed by atoms with Crippen molar-refractivity contribution in [2.45, 2.75) is 12.5 Å². The summed E-state index contributed by atoms with van der Waals surface area (Å²) in [5, 5.41) is 4.24. The van der Waals surface area contributed by atoms with Gasteiger partial charge in [-0.3, -0.25) is 14.5 Å². The number of benzene rings is 1. The summed E-state index contributed by atoms with van der Waals surface area (Å²) in [6.45, 7) is 3.91. The summed E-state index contributed by atoms with van der Waals surface area (Å²) in [7, 11) is 5.59. The van der Waals surface area contributed by atoms with E-state index in [-0.39, 0.29) is 6.03 Å². The molecule has 0 aliphatic carbocycles. The number of rotatable bonds is 3. The number of hydrogen-bond acceptors (Lipinski definition) is 3. The van der Waals surface area contributed by atoms with Crippen LogP contribution in [0.15, 0.2) is 36.7 Å². The molecule has 132 valence electrons. The highest BCUT2D eigenvalue weighted by Gasteiger charge is 2.41. The van der Waals surface area contributed by atoms with Gasteiger partial charge in [0.05, 0.1) is 6.20 Å². The summed E-state index contributed by atoms with van der Waals surface area (Å²) < 4.78 is 1.85. The van der Waals surface area contributed by atoms with Gasteiger partial charge in [-0.05, 0) is 17.5 Å². The van der Waals surface area contributed by atoms with Crippen LogP contribution in [0.25, 0.3) is 0 Å². The normalized spacial score (nSPS) is 20.4. The molecule has 0 bridgehead atoms. The molecule has 3 heterocycles. The van der Waals surface area contributed by atoms with E-state index in [0.29, 0.717) is 11.8 Å². The molecule has 6 nitrogen and oxygen atoms in total. The lowest BCUT2D eigenvalue weighted by Crippen LogP contribution is -2.49. The summed E-state index contributed by atoms with van der Waals surface area (Å²) in [4.78, 5) is 18.6. The number of amides is 2. The lowest BCUT2D eigenvalue weighted by atomic mass is 9.82. The maximum atomic E-state index is 12.5.